The Morgan fingerprint density at radius 2 is 1.79 bits per heavy atom. The fourth-order valence-corrected chi connectivity index (χ4v) is 8.52. The first-order chi connectivity index (χ1) is 28.6. The molecule has 0 saturated heterocycles. The Kier molecular flexibility index (Phi) is 9.85. The van der Waals surface area contributed by atoms with Gasteiger partial charge in [0.15, 0.2) is 11.5 Å². The maximum Gasteiger partial charge on any atom is 0.435 e. The molecular formula is C40H32F7N9O4S. The molecule has 2 aliphatic rings. The number of para-hydroxylation sites is 1. The van der Waals surface area contributed by atoms with E-state index >= 15 is 8.78 Å². The van der Waals surface area contributed by atoms with E-state index in [0.29, 0.717) is 27.2 Å². The molecule has 2 aliphatic carbocycles. The summed E-state index contributed by atoms with van der Waals surface area (Å²) < 4.78 is 134. The van der Waals surface area contributed by atoms with Crippen LogP contribution in [0.3, 0.4) is 0 Å². The number of sulfonamides is 1. The van der Waals surface area contributed by atoms with Crippen molar-refractivity contribution < 1.29 is 49.1 Å². The predicted octanol–water partition coefficient (Wildman–Crippen LogP) is 6.25. The van der Waals surface area contributed by atoms with Gasteiger partial charge in [-0.25, -0.2) is 22.2 Å². The van der Waals surface area contributed by atoms with Crippen molar-refractivity contribution in [3.63, 3.8) is 0 Å². The number of aromatic nitrogens is 7. The minimum atomic E-state index is -5.13. The monoisotopic (exact) mass is 867 g/mol. The summed E-state index contributed by atoms with van der Waals surface area (Å²) in [6, 6.07) is 8.99. The Bertz CT molecular complexity index is 2920. The van der Waals surface area contributed by atoms with Crippen molar-refractivity contribution in [3.05, 3.63) is 119 Å². The second kappa shape index (κ2) is 14.6. The number of aliphatic hydroxyl groups is 1. The highest BCUT2D eigenvalue weighted by atomic mass is 32.2. The number of carbonyl (C=O) groups excluding carboxylic acids is 1. The molecule has 4 aromatic heterocycles. The van der Waals surface area contributed by atoms with Crippen molar-refractivity contribution >= 4 is 32.7 Å². The number of allylic oxidation sites excluding steroid dienone is 2. The van der Waals surface area contributed by atoms with Gasteiger partial charge in [-0.3, -0.25) is 24.0 Å². The Hall–Kier alpha value is -6.53. The van der Waals surface area contributed by atoms with E-state index in [4.69, 9.17) is 4.98 Å². The number of nitrogens with zero attached hydrogens (tertiary/aromatic N) is 6. The third kappa shape index (κ3) is 7.72. The van der Waals surface area contributed by atoms with Gasteiger partial charge < -0.3 is 10.4 Å². The second-order valence-corrected chi connectivity index (χ2v) is 16.8. The van der Waals surface area contributed by atoms with Gasteiger partial charge in [-0.15, -0.1) is 0 Å². The number of pyridine rings is 1. The highest BCUT2D eigenvalue weighted by molar-refractivity contribution is 7.92. The molecule has 0 radical (unpaired) electrons. The highest BCUT2D eigenvalue weighted by Gasteiger charge is 2.61. The van der Waals surface area contributed by atoms with Crippen LogP contribution in [0, 0.1) is 29.4 Å². The van der Waals surface area contributed by atoms with Crippen LogP contribution in [-0.2, 0) is 46.9 Å². The number of anilines is 1. The fraction of sp³-hybridized carbons (Fsp3) is 0.275. The molecule has 1 amide bonds. The number of benzene rings is 2. The number of nitrogens with one attached hydrogen (secondary N) is 3. The number of rotatable bonds is 10. The van der Waals surface area contributed by atoms with E-state index in [0.717, 1.165) is 24.4 Å². The molecule has 2 aromatic carbocycles. The summed E-state index contributed by atoms with van der Waals surface area (Å²) in [7, 11) is -2.64. The molecule has 21 heteroatoms. The average molecular weight is 868 g/mol. The van der Waals surface area contributed by atoms with Crippen LogP contribution in [0.5, 0.6) is 0 Å². The normalized spacial score (nSPS) is 17.3. The fourth-order valence-electron chi connectivity index (χ4n) is 7.59. The van der Waals surface area contributed by atoms with Crippen molar-refractivity contribution in [1.29, 1.82) is 0 Å². The van der Waals surface area contributed by atoms with E-state index in [1.165, 1.54) is 43.9 Å². The zero-order valence-corrected chi connectivity index (χ0v) is 32.8. The lowest BCUT2D eigenvalue weighted by Crippen LogP contribution is -2.36. The molecule has 4 heterocycles. The Morgan fingerprint density at radius 1 is 1.05 bits per heavy atom. The quantitative estimate of drug-likeness (QED) is 0.0711. The first-order valence-electron chi connectivity index (χ1n) is 18.3. The van der Waals surface area contributed by atoms with Gasteiger partial charge in [0.1, 0.15) is 40.1 Å². The molecule has 4 N–H and O–H groups in total. The minimum Gasteiger partial charge on any atom is -0.378 e. The number of H-pyrrole nitrogens is 1. The third-order valence-electron chi connectivity index (χ3n) is 10.1. The number of amides is 1. The maximum absolute atomic E-state index is 15.6. The minimum absolute atomic E-state index is 0.00766. The van der Waals surface area contributed by atoms with Crippen LogP contribution >= 0.6 is 0 Å². The maximum atomic E-state index is 15.6. The first kappa shape index (κ1) is 41.2. The van der Waals surface area contributed by atoms with Crippen molar-refractivity contribution in [1.82, 2.24) is 40.1 Å². The lowest BCUT2D eigenvalue weighted by molar-refractivity contribution is -0.142. The van der Waals surface area contributed by atoms with E-state index in [1.54, 1.807) is 24.3 Å². The van der Waals surface area contributed by atoms with E-state index < -0.39 is 93.1 Å². The van der Waals surface area contributed by atoms with Crippen molar-refractivity contribution in [3.8, 4) is 23.0 Å². The van der Waals surface area contributed by atoms with E-state index in [2.05, 4.69) is 42.3 Å². The van der Waals surface area contributed by atoms with Crippen molar-refractivity contribution in [2.24, 2.45) is 13.0 Å². The molecule has 0 bridgehead atoms. The highest BCUT2D eigenvalue weighted by Crippen LogP contribution is 2.60. The average Bonchev–Trinajstić information content (AvgIpc) is 3.90. The number of hydrogen-bond donors (Lipinski definition) is 4. The molecule has 0 aliphatic heterocycles. The summed E-state index contributed by atoms with van der Waals surface area (Å²) in [6.07, 6.45) is -0.945. The number of hydrogen-bond acceptors (Lipinski definition) is 8. The Morgan fingerprint density at radius 3 is 2.43 bits per heavy atom. The lowest BCUT2D eigenvalue weighted by atomic mass is 9.81. The van der Waals surface area contributed by atoms with E-state index in [1.807, 2.05) is 0 Å². The van der Waals surface area contributed by atoms with Gasteiger partial charge in [-0.2, -0.15) is 37.2 Å². The SMILES string of the molecule is Cn1nc(NS(=O)(=O)c2cn[nH]c2)c2cccc(-c3ccc(C#CC(C)(C)O)nc3[C@H](Cc3cc(F)cc(F)c3)NC(=O)Cn3nc(C(F)(F)F)c4c3C(F)(F)[C@@H]3C=C[C@H]43)c21. The molecule has 0 unspecified atom stereocenters. The summed E-state index contributed by atoms with van der Waals surface area (Å²) in [4.78, 5) is 18.5. The van der Waals surface area contributed by atoms with Gasteiger partial charge in [0.25, 0.3) is 15.9 Å². The van der Waals surface area contributed by atoms with Crippen LogP contribution in [0.1, 0.15) is 59.7 Å². The van der Waals surface area contributed by atoms with E-state index in [9.17, 15) is 40.3 Å². The molecular weight excluding hydrogens is 836 g/mol. The Labute approximate surface area is 341 Å². The standard InChI is InChI=1S/C40H32F7N9O4S/c1-38(2,58)12-11-23-7-8-25(26-5-4-6-28-34(26)55(3)53-37(28)54-61(59,60)24-17-48-49-18-24)33(50-23)30(15-20-13-21(41)16-22(42)14-20)51-31(57)19-56-36-32(35(52-56)40(45,46)47)27-9-10-29(27)39(36,43)44/h4-10,13-14,16-18,27,29-30,58H,15,19H2,1-3H3,(H,48,49)(H,51,57)(H,53,54)/t27-,29+,30-/m0/s1. The number of halogens is 7. The predicted molar refractivity (Wildman–Crippen MR) is 204 cm³/mol. The Balaban J connectivity index is 1.26. The lowest BCUT2D eigenvalue weighted by Gasteiger charge is -2.27. The molecule has 8 rings (SSSR count). The molecule has 13 nitrogen and oxygen atoms in total. The van der Waals surface area contributed by atoms with Gasteiger partial charge in [0.05, 0.1) is 29.4 Å². The van der Waals surface area contributed by atoms with Crippen molar-refractivity contribution in [2.75, 3.05) is 4.72 Å². The van der Waals surface area contributed by atoms with Gasteiger partial charge in [0.2, 0.25) is 5.91 Å². The molecule has 0 saturated carbocycles. The zero-order chi connectivity index (χ0) is 43.8. The summed E-state index contributed by atoms with van der Waals surface area (Å²) in [6.45, 7) is 1.71. The van der Waals surface area contributed by atoms with Crippen LogP contribution < -0.4 is 10.0 Å². The molecule has 61 heavy (non-hydrogen) atoms. The smallest absolute Gasteiger partial charge is 0.378 e. The molecule has 0 fully saturated rings. The van der Waals surface area contributed by atoms with Crippen LogP contribution in [0.25, 0.3) is 22.0 Å². The van der Waals surface area contributed by atoms with Crippen LogP contribution in [-0.4, -0.2) is 59.8 Å². The first-order valence-corrected chi connectivity index (χ1v) is 19.8. The number of fused-ring (bicyclic) bond motifs is 4. The summed E-state index contributed by atoms with van der Waals surface area (Å²) in [5.41, 5.74) is -3.88. The number of alkyl halides is 5. The number of aryl methyl sites for hydroxylation is 1. The molecule has 3 atom stereocenters. The number of carbonyl (C=O) groups is 1. The topological polar surface area (TPSA) is 173 Å². The molecule has 316 valence electrons. The zero-order valence-electron chi connectivity index (χ0n) is 32.0. The van der Waals surface area contributed by atoms with Gasteiger partial charge in [0, 0.05) is 47.3 Å². The van der Waals surface area contributed by atoms with E-state index in [-0.39, 0.29) is 33.2 Å². The molecule has 0 spiro atoms. The summed E-state index contributed by atoms with van der Waals surface area (Å²) >= 11 is 0. The van der Waals surface area contributed by atoms with Gasteiger partial charge >= 0.3 is 6.18 Å². The largest absolute Gasteiger partial charge is 0.435 e. The second-order valence-electron chi connectivity index (χ2n) is 15.1. The summed E-state index contributed by atoms with van der Waals surface area (Å²) in [5.74, 6) is -4.37. The molecule has 6 aromatic rings. The third-order valence-corrected chi connectivity index (χ3v) is 11.5. The number of aromatic amines is 1. The van der Waals surface area contributed by atoms with Crippen LogP contribution in [0.15, 0.2) is 78.0 Å². The van der Waals surface area contributed by atoms with Crippen LogP contribution in [0.2, 0.25) is 0 Å². The van der Waals surface area contributed by atoms with Crippen molar-refractivity contribution in [2.45, 2.75) is 61.4 Å². The van der Waals surface area contributed by atoms with Gasteiger partial charge in [-0.05, 0) is 62.1 Å². The summed E-state index contributed by atoms with van der Waals surface area (Å²) in [5, 5.41) is 27.2. The van der Waals surface area contributed by atoms with Crippen LogP contribution in [0.4, 0.5) is 36.6 Å². The van der Waals surface area contributed by atoms with Gasteiger partial charge in [-0.1, -0.05) is 30.2 Å².